The predicted molar refractivity (Wildman–Crippen MR) is 72.1 cm³/mol. The summed E-state index contributed by atoms with van der Waals surface area (Å²) in [4.78, 5) is 29.7. The van der Waals surface area contributed by atoms with Crippen molar-refractivity contribution in [2.75, 3.05) is 11.9 Å². The summed E-state index contributed by atoms with van der Waals surface area (Å²) in [5.74, 6) is -0.135. The molecule has 6 heteroatoms. The summed E-state index contributed by atoms with van der Waals surface area (Å²) < 4.78 is 5.08. The van der Waals surface area contributed by atoms with Gasteiger partial charge in [-0.2, -0.15) is 0 Å². The second-order valence-electron chi connectivity index (χ2n) is 3.96. The van der Waals surface area contributed by atoms with Crippen LogP contribution in [0.4, 0.5) is 5.95 Å². The van der Waals surface area contributed by atoms with Crippen LogP contribution in [0.2, 0.25) is 0 Å². The van der Waals surface area contributed by atoms with E-state index in [1.54, 1.807) is 0 Å². The first-order valence-electron chi connectivity index (χ1n) is 5.98. The van der Waals surface area contributed by atoms with Gasteiger partial charge >= 0.3 is 5.97 Å². The molecular formula is C14H13N3O3. The largest absolute Gasteiger partial charge is 0.460 e. The van der Waals surface area contributed by atoms with Crippen LogP contribution >= 0.6 is 0 Å². The Morgan fingerprint density at radius 1 is 1.20 bits per heavy atom. The van der Waals surface area contributed by atoms with E-state index in [1.807, 2.05) is 30.3 Å². The Labute approximate surface area is 115 Å². The molecule has 1 aromatic carbocycles. The Bertz CT molecular complexity index is 570. The number of nitrogens with zero attached hydrogens (tertiary/aromatic N) is 2. The molecule has 1 heterocycles. The topological polar surface area (TPSA) is 81.2 Å². The Balaban J connectivity index is 1.75. The summed E-state index contributed by atoms with van der Waals surface area (Å²) in [5.41, 5.74) is 1.30. The number of ether oxygens (including phenoxy) is 1. The minimum Gasteiger partial charge on any atom is -0.460 e. The lowest BCUT2D eigenvalue weighted by molar-refractivity contribution is -0.142. The fourth-order valence-corrected chi connectivity index (χ4v) is 1.43. The molecule has 0 bridgehead atoms. The number of hydrogen-bond donors (Lipinski definition) is 1. The van der Waals surface area contributed by atoms with Crippen molar-refractivity contribution >= 4 is 18.2 Å². The van der Waals surface area contributed by atoms with Crippen molar-refractivity contribution in [1.29, 1.82) is 0 Å². The molecule has 2 rings (SSSR count). The molecule has 0 fully saturated rings. The minimum atomic E-state index is -0.406. The van der Waals surface area contributed by atoms with Crippen molar-refractivity contribution in [1.82, 2.24) is 9.97 Å². The summed E-state index contributed by atoms with van der Waals surface area (Å²) in [6, 6.07) is 9.41. The molecule has 0 unspecified atom stereocenters. The number of esters is 1. The molecule has 0 aliphatic heterocycles. The molecule has 0 aliphatic rings. The fraction of sp³-hybridized carbons (Fsp3) is 0.143. The van der Waals surface area contributed by atoms with E-state index in [-0.39, 0.29) is 19.1 Å². The van der Waals surface area contributed by atoms with Crippen LogP contribution in [-0.4, -0.2) is 28.8 Å². The lowest BCUT2D eigenvalue weighted by Gasteiger charge is -2.06. The Hall–Kier alpha value is -2.76. The average molecular weight is 271 g/mol. The van der Waals surface area contributed by atoms with Crippen molar-refractivity contribution in [3.63, 3.8) is 0 Å². The van der Waals surface area contributed by atoms with Crippen LogP contribution in [0.25, 0.3) is 0 Å². The number of rotatable bonds is 6. The number of aldehydes is 1. The maximum absolute atomic E-state index is 11.5. The molecule has 0 radical (unpaired) electrons. The second kappa shape index (κ2) is 6.98. The number of nitrogens with one attached hydrogen (secondary N) is 1. The molecule has 1 aromatic heterocycles. The normalized spacial score (nSPS) is 9.80. The summed E-state index contributed by atoms with van der Waals surface area (Å²) in [5, 5.41) is 2.72. The summed E-state index contributed by atoms with van der Waals surface area (Å²) >= 11 is 0. The van der Waals surface area contributed by atoms with Crippen LogP contribution in [0.3, 0.4) is 0 Å². The third-order valence-corrected chi connectivity index (χ3v) is 2.44. The Morgan fingerprint density at radius 3 is 2.55 bits per heavy atom. The molecule has 0 aliphatic carbocycles. The van der Waals surface area contributed by atoms with Gasteiger partial charge in [-0.05, 0) is 5.56 Å². The van der Waals surface area contributed by atoms with E-state index < -0.39 is 5.97 Å². The lowest BCUT2D eigenvalue weighted by atomic mass is 10.2. The van der Waals surface area contributed by atoms with E-state index in [4.69, 9.17) is 4.74 Å². The SMILES string of the molecule is O=Cc1cnc(NCC(=O)OCc2ccccc2)nc1. The molecule has 0 atom stereocenters. The molecule has 20 heavy (non-hydrogen) atoms. The smallest absolute Gasteiger partial charge is 0.325 e. The standard InChI is InChI=1S/C14H13N3O3/c18-9-12-6-15-14(16-7-12)17-8-13(19)20-10-11-4-2-1-3-5-11/h1-7,9H,8,10H2,(H,15,16,17). The number of carbonyl (C=O) groups excluding carboxylic acids is 2. The summed E-state index contributed by atoms with van der Waals surface area (Å²) in [6.07, 6.45) is 3.40. The van der Waals surface area contributed by atoms with Crippen LogP contribution in [0.5, 0.6) is 0 Å². The number of aromatic nitrogens is 2. The monoisotopic (exact) mass is 271 g/mol. The predicted octanol–water partition coefficient (Wildman–Crippen LogP) is 1.44. The first-order chi connectivity index (χ1) is 9.78. The highest BCUT2D eigenvalue weighted by atomic mass is 16.5. The van der Waals surface area contributed by atoms with Crippen LogP contribution in [0, 0.1) is 0 Å². The highest BCUT2D eigenvalue weighted by Gasteiger charge is 2.04. The van der Waals surface area contributed by atoms with Crippen molar-refractivity contribution < 1.29 is 14.3 Å². The van der Waals surface area contributed by atoms with Gasteiger partial charge < -0.3 is 10.1 Å². The fourth-order valence-electron chi connectivity index (χ4n) is 1.43. The molecular weight excluding hydrogens is 258 g/mol. The van der Waals surface area contributed by atoms with Gasteiger partial charge in [0, 0.05) is 12.4 Å². The van der Waals surface area contributed by atoms with E-state index in [2.05, 4.69) is 15.3 Å². The number of anilines is 1. The van der Waals surface area contributed by atoms with Crippen molar-refractivity contribution in [3.8, 4) is 0 Å². The van der Waals surface area contributed by atoms with Crippen LogP contribution in [0.1, 0.15) is 15.9 Å². The summed E-state index contributed by atoms with van der Waals surface area (Å²) in [7, 11) is 0. The first kappa shape index (κ1) is 13.7. The summed E-state index contributed by atoms with van der Waals surface area (Å²) in [6.45, 7) is 0.194. The number of hydrogen-bond acceptors (Lipinski definition) is 6. The van der Waals surface area contributed by atoms with Crippen LogP contribution in [-0.2, 0) is 16.1 Å². The molecule has 2 aromatic rings. The van der Waals surface area contributed by atoms with Crippen molar-refractivity contribution in [2.24, 2.45) is 0 Å². The van der Waals surface area contributed by atoms with Gasteiger partial charge in [-0.1, -0.05) is 30.3 Å². The van der Waals surface area contributed by atoms with Gasteiger partial charge in [-0.15, -0.1) is 0 Å². The average Bonchev–Trinajstić information content (AvgIpc) is 2.52. The third-order valence-electron chi connectivity index (χ3n) is 2.44. The van der Waals surface area contributed by atoms with Gasteiger partial charge in [0.25, 0.3) is 0 Å². The zero-order valence-corrected chi connectivity index (χ0v) is 10.7. The molecule has 0 spiro atoms. The quantitative estimate of drug-likeness (QED) is 0.632. The Morgan fingerprint density at radius 2 is 1.90 bits per heavy atom. The maximum Gasteiger partial charge on any atom is 0.325 e. The Kier molecular flexibility index (Phi) is 4.77. The van der Waals surface area contributed by atoms with Crippen molar-refractivity contribution in [3.05, 3.63) is 53.9 Å². The van der Waals surface area contributed by atoms with E-state index in [1.165, 1.54) is 12.4 Å². The molecule has 0 saturated heterocycles. The highest BCUT2D eigenvalue weighted by Crippen LogP contribution is 2.01. The van der Waals surface area contributed by atoms with Gasteiger partial charge in [0.1, 0.15) is 13.2 Å². The van der Waals surface area contributed by atoms with Gasteiger partial charge in [0.2, 0.25) is 5.95 Å². The zero-order valence-electron chi connectivity index (χ0n) is 10.7. The molecule has 0 amide bonds. The van der Waals surface area contributed by atoms with Gasteiger partial charge in [0.05, 0.1) is 5.56 Å². The van der Waals surface area contributed by atoms with Crippen LogP contribution in [0.15, 0.2) is 42.7 Å². The maximum atomic E-state index is 11.5. The van der Waals surface area contributed by atoms with Gasteiger partial charge in [-0.3, -0.25) is 9.59 Å². The number of carbonyl (C=O) groups is 2. The van der Waals surface area contributed by atoms with E-state index in [0.717, 1.165) is 5.56 Å². The van der Waals surface area contributed by atoms with E-state index in [9.17, 15) is 9.59 Å². The van der Waals surface area contributed by atoms with E-state index in [0.29, 0.717) is 11.8 Å². The van der Waals surface area contributed by atoms with Crippen LogP contribution < -0.4 is 5.32 Å². The second-order valence-corrected chi connectivity index (χ2v) is 3.96. The zero-order chi connectivity index (χ0) is 14.2. The first-order valence-corrected chi connectivity index (χ1v) is 5.98. The van der Waals surface area contributed by atoms with Gasteiger partial charge in [0.15, 0.2) is 6.29 Å². The number of benzene rings is 1. The van der Waals surface area contributed by atoms with Crippen molar-refractivity contribution in [2.45, 2.75) is 6.61 Å². The minimum absolute atomic E-state index is 0.0345. The van der Waals surface area contributed by atoms with E-state index >= 15 is 0 Å². The lowest BCUT2D eigenvalue weighted by Crippen LogP contribution is -2.18. The molecule has 1 N–H and O–H groups in total. The molecule has 0 saturated carbocycles. The third kappa shape index (κ3) is 4.16. The highest BCUT2D eigenvalue weighted by molar-refractivity contribution is 5.75. The van der Waals surface area contributed by atoms with Gasteiger partial charge in [-0.25, -0.2) is 9.97 Å². The molecule has 102 valence electrons. The molecule has 6 nitrogen and oxygen atoms in total.